The van der Waals surface area contributed by atoms with E-state index < -0.39 is 11.6 Å². The molecule has 2 rings (SSSR count). The Morgan fingerprint density at radius 1 is 1.05 bits per heavy atom. The number of alkyl halides is 1. The molecule has 0 heterocycles. The van der Waals surface area contributed by atoms with Crippen LogP contribution >= 0.6 is 15.9 Å². The lowest BCUT2D eigenvalue weighted by Gasteiger charge is -2.14. The molecule has 1 nitrogen and oxygen atoms in total. The Hall–Kier alpha value is -1.49. The fourth-order valence-corrected chi connectivity index (χ4v) is 2.67. The van der Waals surface area contributed by atoms with Gasteiger partial charge >= 0.3 is 0 Å². The van der Waals surface area contributed by atoms with Gasteiger partial charge in [-0.3, -0.25) is 0 Å². The van der Waals surface area contributed by atoms with Crippen LogP contribution in [-0.4, -0.2) is 7.11 Å². The van der Waals surface area contributed by atoms with Crippen molar-refractivity contribution < 1.29 is 17.9 Å². The number of ether oxygens (including phenoxy) is 1. The van der Waals surface area contributed by atoms with Crippen LogP contribution in [0.15, 0.2) is 36.4 Å². The van der Waals surface area contributed by atoms with Crippen molar-refractivity contribution in [3.8, 4) is 5.75 Å². The van der Waals surface area contributed by atoms with E-state index in [1.165, 1.54) is 31.4 Å². The summed E-state index contributed by atoms with van der Waals surface area (Å²) < 4.78 is 44.5. The van der Waals surface area contributed by atoms with Crippen molar-refractivity contribution in [3.63, 3.8) is 0 Å². The lowest BCUT2D eigenvalue weighted by molar-refractivity contribution is 0.408. The Morgan fingerprint density at radius 3 is 2.45 bits per heavy atom. The molecule has 1 atom stereocenters. The number of rotatable bonds is 4. The molecule has 20 heavy (non-hydrogen) atoms. The number of halogens is 4. The molecule has 0 fully saturated rings. The predicted molar refractivity (Wildman–Crippen MR) is 74.7 cm³/mol. The monoisotopic (exact) mass is 344 g/mol. The molecule has 5 heteroatoms. The van der Waals surface area contributed by atoms with Crippen LogP contribution in [0.3, 0.4) is 0 Å². The highest BCUT2D eigenvalue weighted by Crippen LogP contribution is 2.34. The maximum Gasteiger partial charge on any atom is 0.159 e. The topological polar surface area (TPSA) is 9.23 Å². The van der Waals surface area contributed by atoms with E-state index in [0.29, 0.717) is 23.3 Å². The van der Waals surface area contributed by atoms with Crippen LogP contribution in [0.4, 0.5) is 13.2 Å². The third-order valence-corrected chi connectivity index (χ3v) is 3.75. The molecule has 0 aromatic heterocycles. The average molecular weight is 345 g/mol. The molecule has 0 aliphatic heterocycles. The number of hydrogen-bond donors (Lipinski definition) is 0. The molecular formula is C15H12BrF3O. The smallest absolute Gasteiger partial charge is 0.159 e. The second-order valence-electron chi connectivity index (χ2n) is 4.31. The van der Waals surface area contributed by atoms with Gasteiger partial charge in [0.05, 0.1) is 7.11 Å². The number of methoxy groups -OCH3 is 1. The van der Waals surface area contributed by atoms with Gasteiger partial charge < -0.3 is 4.74 Å². The zero-order valence-electron chi connectivity index (χ0n) is 10.7. The summed E-state index contributed by atoms with van der Waals surface area (Å²) in [6.45, 7) is 0. The predicted octanol–water partition coefficient (Wildman–Crippen LogP) is 4.79. The largest absolute Gasteiger partial charge is 0.496 e. The van der Waals surface area contributed by atoms with Gasteiger partial charge in [-0.1, -0.05) is 22.0 Å². The molecule has 0 saturated carbocycles. The first-order chi connectivity index (χ1) is 9.51. The normalized spacial score (nSPS) is 12.2. The summed E-state index contributed by atoms with van der Waals surface area (Å²) in [5.74, 6) is -1.62. The van der Waals surface area contributed by atoms with Gasteiger partial charge in [0.1, 0.15) is 11.6 Å². The van der Waals surface area contributed by atoms with Gasteiger partial charge in [-0.15, -0.1) is 0 Å². The lowest BCUT2D eigenvalue weighted by Crippen LogP contribution is -2.00. The van der Waals surface area contributed by atoms with E-state index in [9.17, 15) is 13.2 Å². The molecule has 2 aromatic rings. The van der Waals surface area contributed by atoms with Crippen LogP contribution in [0.25, 0.3) is 0 Å². The van der Waals surface area contributed by atoms with Crippen molar-refractivity contribution in [2.45, 2.75) is 11.2 Å². The maximum atomic E-state index is 13.3. The Labute approximate surface area is 123 Å². The van der Waals surface area contributed by atoms with Crippen LogP contribution in [0.2, 0.25) is 0 Å². The highest BCUT2D eigenvalue weighted by molar-refractivity contribution is 9.09. The Morgan fingerprint density at radius 2 is 1.80 bits per heavy atom. The Balaban J connectivity index is 2.25. The van der Waals surface area contributed by atoms with Crippen molar-refractivity contribution >= 4 is 15.9 Å². The summed E-state index contributed by atoms with van der Waals surface area (Å²) in [5.41, 5.74) is 1.23. The molecule has 2 aromatic carbocycles. The Bertz CT molecular complexity index is 616. The van der Waals surface area contributed by atoms with Gasteiger partial charge in [-0.05, 0) is 42.3 Å². The SMILES string of the molecule is COc1ccc(F)cc1C(Br)Cc1ccc(F)c(F)c1. The van der Waals surface area contributed by atoms with E-state index in [4.69, 9.17) is 4.74 Å². The van der Waals surface area contributed by atoms with E-state index in [-0.39, 0.29) is 10.6 Å². The number of benzene rings is 2. The fraction of sp³-hybridized carbons (Fsp3) is 0.200. The summed E-state index contributed by atoms with van der Waals surface area (Å²) >= 11 is 3.43. The average Bonchev–Trinajstić information content (AvgIpc) is 2.43. The summed E-state index contributed by atoms with van der Waals surface area (Å²) in [6, 6.07) is 7.91. The van der Waals surface area contributed by atoms with Gasteiger partial charge in [-0.2, -0.15) is 0 Å². The standard InChI is InChI=1S/C15H12BrF3O/c1-20-15-5-3-10(17)8-11(15)12(16)6-9-2-4-13(18)14(19)7-9/h2-5,7-8,12H,6H2,1H3. The first-order valence-corrected chi connectivity index (χ1v) is 6.84. The maximum absolute atomic E-state index is 13.3. The summed E-state index contributed by atoms with van der Waals surface area (Å²) in [5, 5.41) is 0. The third kappa shape index (κ3) is 3.33. The molecule has 1 unspecified atom stereocenters. The second-order valence-corrected chi connectivity index (χ2v) is 5.41. The third-order valence-electron chi connectivity index (χ3n) is 2.93. The van der Waals surface area contributed by atoms with Crippen LogP contribution in [0.1, 0.15) is 16.0 Å². The van der Waals surface area contributed by atoms with Crippen molar-refractivity contribution in [3.05, 3.63) is 65.0 Å². The summed E-state index contributed by atoms with van der Waals surface area (Å²) in [6.07, 6.45) is 0.386. The van der Waals surface area contributed by atoms with Crippen LogP contribution < -0.4 is 4.74 Å². The van der Waals surface area contributed by atoms with E-state index in [1.54, 1.807) is 0 Å². The summed E-state index contributed by atoms with van der Waals surface area (Å²) in [4.78, 5) is -0.266. The molecule has 0 spiro atoms. The van der Waals surface area contributed by atoms with Crippen molar-refractivity contribution in [1.82, 2.24) is 0 Å². The lowest BCUT2D eigenvalue weighted by atomic mass is 10.0. The van der Waals surface area contributed by atoms with Gasteiger partial charge in [0.2, 0.25) is 0 Å². The first-order valence-electron chi connectivity index (χ1n) is 5.92. The molecule has 0 N–H and O–H groups in total. The molecule has 106 valence electrons. The molecule has 0 bridgehead atoms. The quantitative estimate of drug-likeness (QED) is 0.724. The van der Waals surface area contributed by atoms with Gasteiger partial charge in [0.15, 0.2) is 11.6 Å². The van der Waals surface area contributed by atoms with E-state index in [1.807, 2.05) is 0 Å². The first kappa shape index (κ1) is 14.9. The van der Waals surface area contributed by atoms with Crippen LogP contribution in [0, 0.1) is 17.5 Å². The number of hydrogen-bond acceptors (Lipinski definition) is 1. The minimum Gasteiger partial charge on any atom is -0.496 e. The van der Waals surface area contributed by atoms with Crippen LogP contribution in [-0.2, 0) is 6.42 Å². The van der Waals surface area contributed by atoms with E-state index in [0.717, 1.165) is 12.1 Å². The molecule has 0 amide bonds. The Kier molecular flexibility index (Phi) is 4.70. The van der Waals surface area contributed by atoms with Gasteiger partial charge in [-0.25, -0.2) is 13.2 Å². The minimum absolute atomic E-state index is 0.266. The zero-order valence-corrected chi connectivity index (χ0v) is 12.3. The van der Waals surface area contributed by atoms with E-state index >= 15 is 0 Å². The van der Waals surface area contributed by atoms with Crippen molar-refractivity contribution in [1.29, 1.82) is 0 Å². The van der Waals surface area contributed by atoms with Crippen molar-refractivity contribution in [2.24, 2.45) is 0 Å². The zero-order chi connectivity index (χ0) is 14.7. The fourth-order valence-electron chi connectivity index (χ4n) is 1.93. The van der Waals surface area contributed by atoms with Gasteiger partial charge in [0.25, 0.3) is 0 Å². The molecule has 0 radical (unpaired) electrons. The molecule has 0 saturated heterocycles. The molecule has 0 aliphatic carbocycles. The molecular weight excluding hydrogens is 333 g/mol. The van der Waals surface area contributed by atoms with E-state index in [2.05, 4.69) is 15.9 Å². The van der Waals surface area contributed by atoms with Crippen LogP contribution in [0.5, 0.6) is 5.75 Å². The minimum atomic E-state index is -0.895. The second kappa shape index (κ2) is 6.31. The van der Waals surface area contributed by atoms with Crippen molar-refractivity contribution in [2.75, 3.05) is 7.11 Å². The highest BCUT2D eigenvalue weighted by atomic mass is 79.9. The highest BCUT2D eigenvalue weighted by Gasteiger charge is 2.15. The summed E-state index contributed by atoms with van der Waals surface area (Å²) in [7, 11) is 1.49. The molecule has 0 aliphatic rings. The van der Waals surface area contributed by atoms with Gasteiger partial charge in [0, 0.05) is 10.4 Å².